The average molecular weight is 442 g/mol. The Morgan fingerprint density at radius 1 is 0.906 bits per heavy atom. The number of hydrogen-bond acceptors (Lipinski definition) is 6. The first kappa shape index (κ1) is 22.6. The first-order valence-electron chi connectivity index (χ1n) is 9.83. The van der Waals surface area contributed by atoms with Gasteiger partial charge in [0.15, 0.2) is 11.5 Å². The fourth-order valence-electron chi connectivity index (χ4n) is 3.14. The summed E-state index contributed by atoms with van der Waals surface area (Å²) in [5.74, 6) is -2.74. The molecular weight excluding hydrogens is 420 g/mol. The first-order chi connectivity index (χ1) is 15.3. The normalized spacial score (nSPS) is 13.6. The molecule has 0 spiro atoms. The van der Waals surface area contributed by atoms with E-state index in [1.165, 1.54) is 0 Å². The van der Waals surface area contributed by atoms with Gasteiger partial charge in [-0.3, -0.25) is 14.4 Å². The van der Waals surface area contributed by atoms with E-state index in [2.05, 4.69) is 10.6 Å². The Morgan fingerprint density at radius 2 is 1.62 bits per heavy atom. The summed E-state index contributed by atoms with van der Waals surface area (Å²) in [6.45, 7) is 0.0807. The molecule has 1 heterocycles. The quantitative estimate of drug-likeness (QED) is 0.428. The van der Waals surface area contributed by atoms with E-state index in [9.17, 15) is 24.3 Å². The van der Waals surface area contributed by atoms with Gasteiger partial charge in [-0.1, -0.05) is 24.3 Å². The molecule has 2 aromatic rings. The van der Waals surface area contributed by atoms with Crippen LogP contribution in [0.3, 0.4) is 0 Å². The number of carboxylic acids is 2. The number of ether oxygens (including phenoxy) is 2. The zero-order valence-electron chi connectivity index (χ0n) is 16.9. The second-order valence-corrected chi connectivity index (χ2v) is 7.12. The van der Waals surface area contributed by atoms with Gasteiger partial charge in [0.25, 0.3) is 5.91 Å². The summed E-state index contributed by atoms with van der Waals surface area (Å²) in [6.07, 6.45) is -0.674. The molecule has 0 aliphatic carbocycles. The van der Waals surface area contributed by atoms with Gasteiger partial charge in [0.2, 0.25) is 12.7 Å². The van der Waals surface area contributed by atoms with Gasteiger partial charge < -0.3 is 30.3 Å². The van der Waals surface area contributed by atoms with E-state index in [4.69, 9.17) is 14.6 Å². The van der Waals surface area contributed by atoms with Crippen LogP contribution in [0, 0.1) is 0 Å². The number of nitrogens with one attached hydrogen (secondary N) is 2. The number of fused-ring (bicyclic) bond motifs is 1. The number of rotatable bonds is 10. The summed E-state index contributed by atoms with van der Waals surface area (Å²) in [5, 5.41) is 23.1. The van der Waals surface area contributed by atoms with E-state index in [0.29, 0.717) is 22.6 Å². The third kappa shape index (κ3) is 5.97. The zero-order chi connectivity index (χ0) is 23.1. The molecule has 0 unspecified atom stereocenters. The lowest BCUT2D eigenvalue weighted by molar-refractivity contribution is -0.143. The van der Waals surface area contributed by atoms with Crippen molar-refractivity contribution in [3.63, 3.8) is 0 Å². The number of carboxylic acid groups (broad SMARTS) is 2. The summed E-state index contributed by atoms with van der Waals surface area (Å²) in [6, 6.07) is 10.8. The van der Waals surface area contributed by atoms with Crippen LogP contribution in [0.15, 0.2) is 48.5 Å². The Bertz CT molecular complexity index is 1010. The van der Waals surface area contributed by atoms with Gasteiger partial charge in [0.1, 0.15) is 12.1 Å². The average Bonchev–Trinajstić information content (AvgIpc) is 3.24. The van der Waals surface area contributed by atoms with Crippen molar-refractivity contribution < 1.29 is 38.9 Å². The molecule has 0 aromatic heterocycles. The molecule has 0 bridgehead atoms. The number of benzene rings is 2. The van der Waals surface area contributed by atoms with Crippen LogP contribution in [-0.2, 0) is 20.8 Å². The molecule has 32 heavy (non-hydrogen) atoms. The van der Waals surface area contributed by atoms with Crippen molar-refractivity contribution in [3.05, 3.63) is 59.7 Å². The SMILES string of the molecule is O=C(O)CC[C@@H](NC(=O)[C@@H](Cc1ccc2c(c1)OCO2)NC(=O)c1ccccc1)C(=O)O. The largest absolute Gasteiger partial charge is 0.481 e. The Hall–Kier alpha value is -4.08. The maximum Gasteiger partial charge on any atom is 0.326 e. The first-order valence-corrected chi connectivity index (χ1v) is 9.83. The van der Waals surface area contributed by atoms with Crippen LogP contribution in [0.5, 0.6) is 11.5 Å². The number of hydrogen-bond donors (Lipinski definition) is 4. The summed E-state index contributed by atoms with van der Waals surface area (Å²) < 4.78 is 10.6. The van der Waals surface area contributed by atoms with Gasteiger partial charge in [-0.2, -0.15) is 0 Å². The van der Waals surface area contributed by atoms with E-state index in [1.54, 1.807) is 48.5 Å². The summed E-state index contributed by atoms with van der Waals surface area (Å²) in [5.41, 5.74) is 0.983. The van der Waals surface area contributed by atoms with Crippen LogP contribution in [0.4, 0.5) is 0 Å². The minimum atomic E-state index is -1.41. The molecule has 0 fully saturated rings. The monoisotopic (exact) mass is 442 g/mol. The van der Waals surface area contributed by atoms with Gasteiger partial charge in [0, 0.05) is 18.4 Å². The highest BCUT2D eigenvalue weighted by atomic mass is 16.7. The highest BCUT2D eigenvalue weighted by Gasteiger charge is 2.28. The zero-order valence-corrected chi connectivity index (χ0v) is 16.9. The van der Waals surface area contributed by atoms with Crippen molar-refractivity contribution in [1.82, 2.24) is 10.6 Å². The Labute approximate surface area is 183 Å². The predicted molar refractivity (Wildman–Crippen MR) is 110 cm³/mol. The molecule has 0 radical (unpaired) electrons. The molecule has 0 saturated heterocycles. The van der Waals surface area contributed by atoms with Crippen molar-refractivity contribution in [1.29, 1.82) is 0 Å². The number of carbonyl (C=O) groups is 4. The molecule has 168 valence electrons. The van der Waals surface area contributed by atoms with Gasteiger partial charge in [-0.05, 0) is 36.2 Å². The Morgan fingerprint density at radius 3 is 2.31 bits per heavy atom. The number of aliphatic carboxylic acids is 2. The molecule has 3 rings (SSSR count). The van der Waals surface area contributed by atoms with Gasteiger partial charge in [-0.15, -0.1) is 0 Å². The lowest BCUT2D eigenvalue weighted by Crippen LogP contribution is -2.52. The Balaban J connectivity index is 1.78. The van der Waals surface area contributed by atoms with Crippen molar-refractivity contribution in [3.8, 4) is 11.5 Å². The van der Waals surface area contributed by atoms with Gasteiger partial charge in [-0.25, -0.2) is 4.79 Å². The molecular formula is C22H22N2O8. The molecule has 1 aliphatic rings. The van der Waals surface area contributed by atoms with Crippen LogP contribution in [0.1, 0.15) is 28.8 Å². The van der Waals surface area contributed by atoms with Crippen molar-refractivity contribution in [2.24, 2.45) is 0 Å². The van der Waals surface area contributed by atoms with Crippen molar-refractivity contribution >= 4 is 23.8 Å². The smallest absolute Gasteiger partial charge is 0.326 e. The van der Waals surface area contributed by atoms with Gasteiger partial charge >= 0.3 is 11.9 Å². The molecule has 1 aliphatic heterocycles. The second-order valence-electron chi connectivity index (χ2n) is 7.12. The summed E-state index contributed by atoms with van der Waals surface area (Å²) in [4.78, 5) is 47.8. The second kappa shape index (κ2) is 10.3. The number of amides is 2. The highest BCUT2D eigenvalue weighted by Crippen LogP contribution is 2.32. The third-order valence-electron chi connectivity index (χ3n) is 4.80. The minimum Gasteiger partial charge on any atom is -0.481 e. The standard InChI is InChI=1S/C22H22N2O8/c25-19(26)9-7-15(22(29)30)23-21(28)16(24-20(27)14-4-2-1-3-5-14)10-13-6-8-17-18(11-13)32-12-31-17/h1-6,8,11,15-16H,7,9-10,12H2,(H,23,28)(H,24,27)(H,25,26)(H,29,30)/t15-,16-/m1/s1. The van der Waals surface area contributed by atoms with Crippen LogP contribution < -0.4 is 20.1 Å². The lowest BCUT2D eigenvalue weighted by Gasteiger charge is -2.21. The topological polar surface area (TPSA) is 151 Å². The van der Waals surface area contributed by atoms with E-state index in [0.717, 1.165) is 0 Å². The fraction of sp³-hybridized carbons (Fsp3) is 0.273. The predicted octanol–water partition coefficient (Wildman–Crippen LogP) is 1.19. The maximum atomic E-state index is 12.9. The fourth-order valence-corrected chi connectivity index (χ4v) is 3.14. The summed E-state index contributed by atoms with van der Waals surface area (Å²) >= 11 is 0. The van der Waals surface area contributed by atoms with Crippen molar-refractivity contribution in [2.75, 3.05) is 6.79 Å². The van der Waals surface area contributed by atoms with Crippen LogP contribution in [-0.4, -0.2) is 52.8 Å². The van der Waals surface area contributed by atoms with E-state index in [1.807, 2.05) is 0 Å². The van der Waals surface area contributed by atoms with E-state index in [-0.39, 0.29) is 19.6 Å². The van der Waals surface area contributed by atoms with Crippen LogP contribution >= 0.6 is 0 Å². The van der Waals surface area contributed by atoms with E-state index >= 15 is 0 Å². The molecule has 4 N–H and O–H groups in total. The minimum absolute atomic E-state index is 0.0479. The highest BCUT2D eigenvalue weighted by molar-refractivity contribution is 5.98. The van der Waals surface area contributed by atoms with Crippen LogP contribution in [0.2, 0.25) is 0 Å². The maximum absolute atomic E-state index is 12.9. The molecule has 2 amide bonds. The Kier molecular flexibility index (Phi) is 7.27. The van der Waals surface area contributed by atoms with E-state index < -0.39 is 42.3 Å². The lowest BCUT2D eigenvalue weighted by atomic mass is 10.0. The molecule has 10 nitrogen and oxygen atoms in total. The molecule has 2 atom stereocenters. The van der Waals surface area contributed by atoms with Gasteiger partial charge in [0.05, 0.1) is 0 Å². The molecule has 10 heteroatoms. The third-order valence-corrected chi connectivity index (χ3v) is 4.80. The number of carbonyl (C=O) groups excluding carboxylic acids is 2. The molecule has 2 aromatic carbocycles. The van der Waals surface area contributed by atoms with Crippen LogP contribution in [0.25, 0.3) is 0 Å². The molecule has 0 saturated carbocycles. The summed E-state index contributed by atoms with van der Waals surface area (Å²) in [7, 11) is 0. The van der Waals surface area contributed by atoms with Crippen molar-refractivity contribution in [2.45, 2.75) is 31.3 Å².